The van der Waals surface area contributed by atoms with Crippen LogP contribution in [0.3, 0.4) is 0 Å². The summed E-state index contributed by atoms with van der Waals surface area (Å²) in [6.07, 6.45) is 0.800. The van der Waals surface area contributed by atoms with E-state index < -0.39 is 0 Å². The summed E-state index contributed by atoms with van der Waals surface area (Å²) in [6, 6.07) is 8.84. The zero-order valence-corrected chi connectivity index (χ0v) is 9.60. The highest BCUT2D eigenvalue weighted by Gasteiger charge is 2.11. The zero-order valence-electron chi connectivity index (χ0n) is 9.60. The molecule has 0 spiro atoms. The van der Waals surface area contributed by atoms with Crippen molar-refractivity contribution >= 4 is 11.8 Å². The number of ketones is 1. The zero-order chi connectivity index (χ0) is 12.0. The van der Waals surface area contributed by atoms with Gasteiger partial charge in [-0.05, 0) is 32.4 Å². The first kappa shape index (κ1) is 12.4. The van der Waals surface area contributed by atoms with Crippen LogP contribution in [0.2, 0.25) is 0 Å². The van der Waals surface area contributed by atoms with Gasteiger partial charge < -0.3 is 9.53 Å². The van der Waals surface area contributed by atoms with Gasteiger partial charge in [0, 0.05) is 6.42 Å². The van der Waals surface area contributed by atoms with Gasteiger partial charge in [-0.3, -0.25) is 0 Å². The summed E-state index contributed by atoms with van der Waals surface area (Å²) in [7, 11) is 0. The highest BCUT2D eigenvalue weighted by molar-refractivity contribution is 5.89. The SMILES string of the molecule is CC(=O)CC[C@@H](C)OC(=O)c1ccccc1. The Hall–Kier alpha value is -1.64. The van der Waals surface area contributed by atoms with Crippen molar-refractivity contribution in [2.45, 2.75) is 32.8 Å². The third-order valence-electron chi connectivity index (χ3n) is 2.22. The number of ether oxygens (including phenoxy) is 1. The topological polar surface area (TPSA) is 43.4 Å². The summed E-state index contributed by atoms with van der Waals surface area (Å²) in [4.78, 5) is 22.4. The third-order valence-corrected chi connectivity index (χ3v) is 2.22. The quantitative estimate of drug-likeness (QED) is 0.716. The minimum Gasteiger partial charge on any atom is -0.459 e. The molecule has 1 atom stereocenters. The molecule has 0 aliphatic rings. The van der Waals surface area contributed by atoms with Gasteiger partial charge >= 0.3 is 5.97 Å². The molecule has 3 nitrogen and oxygen atoms in total. The van der Waals surface area contributed by atoms with E-state index >= 15 is 0 Å². The first-order valence-electron chi connectivity index (χ1n) is 5.35. The van der Waals surface area contributed by atoms with E-state index in [-0.39, 0.29) is 17.9 Å². The Bertz CT molecular complexity index is 357. The predicted molar refractivity (Wildman–Crippen MR) is 61.2 cm³/mol. The summed E-state index contributed by atoms with van der Waals surface area (Å²) in [5.74, 6) is -0.223. The largest absolute Gasteiger partial charge is 0.459 e. The molecule has 0 N–H and O–H groups in total. The fourth-order valence-electron chi connectivity index (χ4n) is 1.29. The van der Waals surface area contributed by atoms with E-state index in [4.69, 9.17) is 4.74 Å². The minimum atomic E-state index is -0.336. The minimum absolute atomic E-state index is 0.114. The number of rotatable bonds is 5. The number of Topliss-reactive ketones (excluding diaryl/α,β-unsaturated/α-hetero) is 1. The van der Waals surface area contributed by atoms with Crippen molar-refractivity contribution in [3.63, 3.8) is 0 Å². The van der Waals surface area contributed by atoms with Gasteiger partial charge in [0.05, 0.1) is 11.7 Å². The molecule has 0 aromatic heterocycles. The van der Waals surface area contributed by atoms with Crippen molar-refractivity contribution in [3.05, 3.63) is 35.9 Å². The normalized spacial score (nSPS) is 11.9. The maximum Gasteiger partial charge on any atom is 0.338 e. The Morgan fingerprint density at radius 2 is 1.88 bits per heavy atom. The summed E-state index contributed by atoms with van der Waals surface area (Å²) in [5, 5.41) is 0. The average Bonchev–Trinajstić information content (AvgIpc) is 2.27. The second-order valence-corrected chi connectivity index (χ2v) is 3.82. The molecular weight excluding hydrogens is 204 g/mol. The third kappa shape index (κ3) is 4.26. The number of benzene rings is 1. The smallest absolute Gasteiger partial charge is 0.338 e. The van der Waals surface area contributed by atoms with Gasteiger partial charge in [0.25, 0.3) is 0 Å². The second kappa shape index (κ2) is 6.05. The predicted octanol–water partition coefficient (Wildman–Crippen LogP) is 2.60. The molecular formula is C13H16O3. The Morgan fingerprint density at radius 1 is 1.25 bits per heavy atom. The van der Waals surface area contributed by atoms with Crippen LogP contribution < -0.4 is 0 Å². The molecule has 0 aliphatic carbocycles. The van der Waals surface area contributed by atoms with Crippen LogP contribution in [0.25, 0.3) is 0 Å². The Labute approximate surface area is 95.4 Å². The van der Waals surface area contributed by atoms with E-state index in [1.54, 1.807) is 31.2 Å². The van der Waals surface area contributed by atoms with Crippen LogP contribution >= 0.6 is 0 Å². The van der Waals surface area contributed by atoms with Gasteiger partial charge in [-0.15, -0.1) is 0 Å². The maximum atomic E-state index is 11.6. The molecule has 0 fully saturated rings. The lowest BCUT2D eigenvalue weighted by Gasteiger charge is -2.12. The molecule has 0 radical (unpaired) electrons. The van der Waals surface area contributed by atoms with Crippen molar-refractivity contribution in [1.29, 1.82) is 0 Å². The van der Waals surface area contributed by atoms with E-state index in [2.05, 4.69) is 0 Å². The molecule has 1 aromatic rings. The molecule has 0 bridgehead atoms. The van der Waals surface area contributed by atoms with E-state index in [1.165, 1.54) is 6.92 Å². The van der Waals surface area contributed by atoms with Gasteiger partial charge in [0.15, 0.2) is 0 Å². The number of hydrogen-bond acceptors (Lipinski definition) is 3. The molecule has 0 aliphatic heterocycles. The maximum absolute atomic E-state index is 11.6. The molecule has 0 saturated carbocycles. The van der Waals surface area contributed by atoms with Gasteiger partial charge in [-0.25, -0.2) is 4.79 Å². The van der Waals surface area contributed by atoms with E-state index in [1.807, 2.05) is 6.07 Å². The summed E-state index contributed by atoms with van der Waals surface area (Å²) < 4.78 is 5.20. The van der Waals surface area contributed by atoms with E-state index in [0.29, 0.717) is 18.4 Å². The Kier molecular flexibility index (Phi) is 4.70. The molecule has 1 aromatic carbocycles. The van der Waals surface area contributed by atoms with Gasteiger partial charge in [-0.2, -0.15) is 0 Å². The van der Waals surface area contributed by atoms with Crippen molar-refractivity contribution < 1.29 is 14.3 Å². The average molecular weight is 220 g/mol. The van der Waals surface area contributed by atoms with E-state index in [0.717, 1.165) is 0 Å². The fourth-order valence-corrected chi connectivity index (χ4v) is 1.29. The molecule has 16 heavy (non-hydrogen) atoms. The van der Waals surface area contributed by atoms with Gasteiger partial charge in [0.1, 0.15) is 5.78 Å². The summed E-state index contributed by atoms with van der Waals surface area (Å²) in [6.45, 7) is 3.33. The van der Waals surface area contributed by atoms with Crippen LogP contribution in [0, 0.1) is 0 Å². The van der Waals surface area contributed by atoms with Crippen LogP contribution in [0.1, 0.15) is 37.0 Å². The first-order chi connectivity index (χ1) is 7.59. The lowest BCUT2D eigenvalue weighted by Crippen LogP contribution is -2.15. The van der Waals surface area contributed by atoms with Crippen LogP contribution in [0.15, 0.2) is 30.3 Å². The van der Waals surface area contributed by atoms with Gasteiger partial charge in [-0.1, -0.05) is 18.2 Å². The lowest BCUT2D eigenvalue weighted by molar-refractivity contribution is -0.117. The Morgan fingerprint density at radius 3 is 2.44 bits per heavy atom. The molecule has 1 rings (SSSR count). The number of hydrogen-bond donors (Lipinski definition) is 0. The summed E-state index contributed by atoms with van der Waals surface area (Å²) >= 11 is 0. The fraction of sp³-hybridized carbons (Fsp3) is 0.385. The molecule has 0 amide bonds. The molecule has 0 unspecified atom stereocenters. The van der Waals surface area contributed by atoms with Crippen LogP contribution in [-0.2, 0) is 9.53 Å². The van der Waals surface area contributed by atoms with Crippen molar-refractivity contribution in [1.82, 2.24) is 0 Å². The van der Waals surface area contributed by atoms with Crippen LogP contribution in [0.5, 0.6) is 0 Å². The molecule has 0 saturated heterocycles. The highest BCUT2D eigenvalue weighted by atomic mass is 16.5. The molecule has 3 heteroatoms. The monoisotopic (exact) mass is 220 g/mol. The Balaban J connectivity index is 2.43. The molecule has 0 heterocycles. The number of esters is 1. The number of carbonyl (C=O) groups is 2. The van der Waals surface area contributed by atoms with Crippen molar-refractivity contribution in [2.24, 2.45) is 0 Å². The van der Waals surface area contributed by atoms with Crippen LogP contribution in [-0.4, -0.2) is 17.9 Å². The van der Waals surface area contributed by atoms with Crippen LogP contribution in [0.4, 0.5) is 0 Å². The van der Waals surface area contributed by atoms with E-state index in [9.17, 15) is 9.59 Å². The van der Waals surface area contributed by atoms with Gasteiger partial charge in [0.2, 0.25) is 0 Å². The van der Waals surface area contributed by atoms with Crippen molar-refractivity contribution in [3.8, 4) is 0 Å². The first-order valence-corrected chi connectivity index (χ1v) is 5.35. The van der Waals surface area contributed by atoms with Crippen molar-refractivity contribution in [2.75, 3.05) is 0 Å². The highest BCUT2D eigenvalue weighted by Crippen LogP contribution is 2.07. The number of carbonyl (C=O) groups excluding carboxylic acids is 2. The molecule has 86 valence electrons. The lowest BCUT2D eigenvalue weighted by atomic mass is 10.1. The summed E-state index contributed by atoms with van der Waals surface area (Å²) in [5.41, 5.74) is 0.539. The second-order valence-electron chi connectivity index (χ2n) is 3.82. The standard InChI is InChI=1S/C13H16O3/c1-10(14)8-9-11(2)16-13(15)12-6-4-3-5-7-12/h3-7,11H,8-9H2,1-2H3/t11-/m1/s1.